The van der Waals surface area contributed by atoms with Gasteiger partial charge in [-0.25, -0.2) is 0 Å². The predicted octanol–water partition coefficient (Wildman–Crippen LogP) is 3.91. The second-order valence-electron chi connectivity index (χ2n) is 6.96. The molecule has 1 N–H and O–H groups in total. The van der Waals surface area contributed by atoms with E-state index in [0.717, 1.165) is 6.42 Å². The molecule has 5 heteroatoms. The number of ether oxygens (including phenoxy) is 2. The Kier molecular flexibility index (Phi) is 7.27. The number of hydrogen-bond acceptors (Lipinski definition) is 3. The minimum Gasteiger partial charge on any atom is -0.374 e. The molecule has 0 radical (unpaired) electrons. The van der Waals surface area contributed by atoms with E-state index in [2.05, 4.69) is 39.9 Å². The molecule has 19 heavy (non-hydrogen) atoms. The first kappa shape index (κ1) is 19.1. The first-order valence-corrected chi connectivity index (χ1v) is 7.68. The fourth-order valence-corrected chi connectivity index (χ4v) is 1.98. The maximum atomic E-state index is 10.9. The maximum Gasteiger partial charge on any atom is 0.280 e. The standard InChI is InChI=1S/C14H28INO3/c1-12(2,3)19-13(4,5)8-9-18-14(6,7)10-16-11(15)17/h8-10H2,1-7H3,(H,16,17). The van der Waals surface area contributed by atoms with E-state index < -0.39 is 0 Å². The monoisotopic (exact) mass is 385 g/mol. The lowest BCUT2D eigenvalue weighted by Crippen LogP contribution is -2.41. The smallest absolute Gasteiger partial charge is 0.280 e. The molecule has 0 aromatic carbocycles. The zero-order chi connectivity index (χ0) is 15.3. The van der Waals surface area contributed by atoms with Gasteiger partial charge in [0.15, 0.2) is 0 Å². The summed E-state index contributed by atoms with van der Waals surface area (Å²) >= 11 is 1.72. The molecule has 0 fully saturated rings. The molecule has 0 aliphatic rings. The Morgan fingerprint density at radius 1 is 1.05 bits per heavy atom. The summed E-state index contributed by atoms with van der Waals surface area (Å²) in [6, 6.07) is 0. The quantitative estimate of drug-likeness (QED) is 0.411. The fraction of sp³-hybridized carbons (Fsp3) is 0.929. The van der Waals surface area contributed by atoms with Gasteiger partial charge in [0.05, 0.1) is 23.4 Å². The fourth-order valence-electron chi connectivity index (χ4n) is 1.79. The molecule has 0 heterocycles. The molecule has 0 bridgehead atoms. The summed E-state index contributed by atoms with van der Waals surface area (Å²) in [6.07, 6.45) is 0.811. The van der Waals surface area contributed by atoms with Crippen molar-refractivity contribution < 1.29 is 14.3 Å². The Bertz CT molecular complexity index is 296. The van der Waals surface area contributed by atoms with Gasteiger partial charge in [-0.05, 0) is 54.9 Å². The van der Waals surface area contributed by atoms with Gasteiger partial charge in [0.25, 0.3) is 3.91 Å². The highest BCUT2D eigenvalue weighted by Gasteiger charge is 2.27. The van der Waals surface area contributed by atoms with Gasteiger partial charge < -0.3 is 14.8 Å². The van der Waals surface area contributed by atoms with E-state index in [9.17, 15) is 4.79 Å². The molecular formula is C14H28INO3. The number of hydrogen-bond donors (Lipinski definition) is 1. The highest BCUT2D eigenvalue weighted by molar-refractivity contribution is 14.1. The Labute approximate surface area is 131 Å². The number of amides is 1. The van der Waals surface area contributed by atoms with Crippen molar-refractivity contribution in [2.24, 2.45) is 0 Å². The second kappa shape index (κ2) is 7.22. The summed E-state index contributed by atoms with van der Waals surface area (Å²) < 4.78 is 11.8. The first-order chi connectivity index (χ1) is 8.33. The Morgan fingerprint density at radius 3 is 2.00 bits per heavy atom. The molecule has 0 aromatic heterocycles. The molecule has 0 aliphatic heterocycles. The molecule has 0 rings (SSSR count). The first-order valence-electron chi connectivity index (χ1n) is 6.60. The summed E-state index contributed by atoms with van der Waals surface area (Å²) in [5, 5.41) is 2.76. The van der Waals surface area contributed by atoms with Crippen molar-refractivity contribution in [3.63, 3.8) is 0 Å². The van der Waals surface area contributed by atoms with Crippen molar-refractivity contribution in [3.8, 4) is 0 Å². The van der Waals surface area contributed by atoms with Crippen LogP contribution in [0, 0.1) is 0 Å². The zero-order valence-electron chi connectivity index (χ0n) is 13.2. The molecule has 114 valence electrons. The van der Waals surface area contributed by atoms with Crippen molar-refractivity contribution in [2.45, 2.75) is 71.7 Å². The molecule has 4 nitrogen and oxygen atoms in total. The largest absolute Gasteiger partial charge is 0.374 e. The zero-order valence-corrected chi connectivity index (χ0v) is 15.4. The van der Waals surface area contributed by atoms with Crippen molar-refractivity contribution in [1.82, 2.24) is 5.32 Å². The predicted molar refractivity (Wildman–Crippen MR) is 87.0 cm³/mol. The molecule has 0 unspecified atom stereocenters. The lowest BCUT2D eigenvalue weighted by Gasteiger charge is -2.35. The number of carbonyl (C=O) groups excluding carboxylic acids is 1. The number of carbonyl (C=O) groups is 1. The Morgan fingerprint density at radius 2 is 1.58 bits per heavy atom. The molecule has 0 saturated heterocycles. The summed E-state index contributed by atoms with van der Waals surface area (Å²) in [4.78, 5) is 10.9. The second-order valence-corrected chi connectivity index (χ2v) is 7.94. The summed E-state index contributed by atoms with van der Waals surface area (Å²) in [5.41, 5.74) is -0.742. The summed E-state index contributed by atoms with van der Waals surface area (Å²) in [7, 11) is 0. The van der Waals surface area contributed by atoms with Crippen LogP contribution in [0.25, 0.3) is 0 Å². The lowest BCUT2D eigenvalue weighted by molar-refractivity contribution is -0.131. The van der Waals surface area contributed by atoms with E-state index in [1.54, 1.807) is 22.6 Å². The highest BCUT2D eigenvalue weighted by atomic mass is 127. The molecule has 1 amide bonds. The van der Waals surface area contributed by atoms with Crippen LogP contribution in [0.4, 0.5) is 4.79 Å². The van der Waals surface area contributed by atoms with Gasteiger partial charge in [-0.3, -0.25) is 4.79 Å². The molecular weight excluding hydrogens is 357 g/mol. The Hall–Kier alpha value is 0.120. The number of halogens is 1. The van der Waals surface area contributed by atoms with Gasteiger partial charge >= 0.3 is 0 Å². The van der Waals surface area contributed by atoms with Crippen LogP contribution in [0.2, 0.25) is 0 Å². The van der Waals surface area contributed by atoms with Crippen LogP contribution in [-0.2, 0) is 9.47 Å². The van der Waals surface area contributed by atoms with Crippen LogP contribution in [0.3, 0.4) is 0 Å². The molecule has 0 saturated carbocycles. The van der Waals surface area contributed by atoms with Gasteiger partial charge in [-0.2, -0.15) is 0 Å². The average Bonchev–Trinajstić information content (AvgIpc) is 2.10. The lowest BCUT2D eigenvalue weighted by atomic mass is 10.0. The highest BCUT2D eigenvalue weighted by Crippen LogP contribution is 2.23. The molecule has 0 spiro atoms. The number of nitrogens with one attached hydrogen (secondary N) is 1. The van der Waals surface area contributed by atoms with E-state index >= 15 is 0 Å². The minimum absolute atomic E-state index is 0.0642. The number of rotatable bonds is 7. The van der Waals surface area contributed by atoms with Crippen LogP contribution in [0.15, 0.2) is 0 Å². The van der Waals surface area contributed by atoms with Gasteiger partial charge in [0.1, 0.15) is 0 Å². The van der Waals surface area contributed by atoms with E-state index in [4.69, 9.17) is 9.47 Å². The van der Waals surface area contributed by atoms with Crippen molar-refractivity contribution in [1.29, 1.82) is 0 Å². The summed E-state index contributed by atoms with van der Waals surface area (Å²) in [5.74, 6) is 0. The summed E-state index contributed by atoms with van der Waals surface area (Å²) in [6.45, 7) is 15.3. The topological polar surface area (TPSA) is 47.6 Å². The maximum absolute atomic E-state index is 10.9. The molecule has 0 aliphatic carbocycles. The van der Waals surface area contributed by atoms with Crippen molar-refractivity contribution in [2.75, 3.05) is 13.2 Å². The van der Waals surface area contributed by atoms with Crippen LogP contribution in [-0.4, -0.2) is 33.9 Å². The third kappa shape index (κ3) is 11.6. The van der Waals surface area contributed by atoms with E-state index in [-0.39, 0.29) is 20.7 Å². The van der Waals surface area contributed by atoms with Gasteiger partial charge in [0, 0.05) is 29.1 Å². The van der Waals surface area contributed by atoms with Crippen LogP contribution < -0.4 is 5.32 Å². The van der Waals surface area contributed by atoms with E-state index in [1.165, 1.54) is 0 Å². The third-order valence-corrected chi connectivity index (χ3v) is 2.81. The van der Waals surface area contributed by atoms with Crippen LogP contribution in [0.5, 0.6) is 0 Å². The Balaban J connectivity index is 4.10. The van der Waals surface area contributed by atoms with Gasteiger partial charge in [-0.1, -0.05) is 0 Å². The van der Waals surface area contributed by atoms with Crippen molar-refractivity contribution in [3.05, 3.63) is 0 Å². The van der Waals surface area contributed by atoms with Gasteiger partial charge in [-0.15, -0.1) is 0 Å². The van der Waals surface area contributed by atoms with Crippen LogP contribution in [0.1, 0.15) is 54.9 Å². The SMILES string of the molecule is CC(C)(C)OC(C)(C)CCOC(C)(C)CNC(=O)I. The molecule has 0 aromatic rings. The van der Waals surface area contributed by atoms with E-state index in [1.807, 2.05) is 13.8 Å². The van der Waals surface area contributed by atoms with E-state index in [0.29, 0.717) is 13.2 Å². The minimum atomic E-state index is -0.362. The third-order valence-electron chi connectivity index (χ3n) is 2.43. The average molecular weight is 385 g/mol. The normalized spacial score (nSPS) is 13.5. The van der Waals surface area contributed by atoms with Crippen molar-refractivity contribution >= 4 is 26.5 Å². The van der Waals surface area contributed by atoms with Crippen LogP contribution >= 0.6 is 22.6 Å². The molecule has 0 atom stereocenters. The van der Waals surface area contributed by atoms with Gasteiger partial charge in [0.2, 0.25) is 0 Å².